The lowest BCUT2D eigenvalue weighted by molar-refractivity contribution is 0.280. The number of aromatic nitrogens is 2. The first-order chi connectivity index (χ1) is 8.02. The van der Waals surface area contributed by atoms with Gasteiger partial charge in [0.25, 0.3) is 0 Å². The molecule has 17 heavy (non-hydrogen) atoms. The summed E-state index contributed by atoms with van der Waals surface area (Å²) < 4.78 is 28.7. The van der Waals surface area contributed by atoms with E-state index in [2.05, 4.69) is 5.10 Å². The molecule has 3 nitrogen and oxygen atoms in total. The van der Waals surface area contributed by atoms with Gasteiger partial charge in [0.05, 0.1) is 12.3 Å². The van der Waals surface area contributed by atoms with Crippen LogP contribution in [0.25, 0.3) is 5.69 Å². The highest BCUT2D eigenvalue weighted by Crippen LogP contribution is 2.21. The molecule has 1 heterocycles. The molecular formula is C12H12F2N2O. The molecule has 1 aromatic carbocycles. The third-order valence-electron chi connectivity index (χ3n) is 2.48. The lowest BCUT2D eigenvalue weighted by atomic mass is 10.2. The largest absolute Gasteiger partial charge is 0.392 e. The Balaban J connectivity index is 2.63. The molecule has 2 aromatic rings. The van der Waals surface area contributed by atoms with Gasteiger partial charge in [0.1, 0.15) is 5.69 Å². The third-order valence-corrected chi connectivity index (χ3v) is 2.48. The van der Waals surface area contributed by atoms with Crippen LogP contribution in [0, 0.1) is 25.5 Å². The van der Waals surface area contributed by atoms with Gasteiger partial charge in [-0.3, -0.25) is 0 Å². The van der Waals surface area contributed by atoms with Crippen LogP contribution in [0.4, 0.5) is 8.78 Å². The normalized spacial score (nSPS) is 10.9. The van der Waals surface area contributed by atoms with Crippen LogP contribution < -0.4 is 0 Å². The predicted octanol–water partition coefficient (Wildman–Crippen LogP) is 2.26. The van der Waals surface area contributed by atoms with Gasteiger partial charge in [0.15, 0.2) is 11.6 Å². The van der Waals surface area contributed by atoms with Gasteiger partial charge < -0.3 is 5.11 Å². The Morgan fingerprint density at radius 1 is 1.18 bits per heavy atom. The minimum Gasteiger partial charge on any atom is -0.392 e. The molecule has 2 rings (SSSR count). The van der Waals surface area contributed by atoms with Crippen molar-refractivity contribution in [3.05, 3.63) is 46.8 Å². The van der Waals surface area contributed by atoms with Gasteiger partial charge in [0, 0.05) is 5.69 Å². The van der Waals surface area contributed by atoms with Gasteiger partial charge in [-0.25, -0.2) is 13.5 Å². The zero-order valence-corrected chi connectivity index (χ0v) is 9.54. The first kappa shape index (κ1) is 11.7. The Hall–Kier alpha value is -1.75. The number of benzene rings is 1. The third kappa shape index (κ3) is 2.06. The van der Waals surface area contributed by atoms with E-state index < -0.39 is 18.2 Å². The van der Waals surface area contributed by atoms with Crippen LogP contribution in [-0.4, -0.2) is 14.9 Å². The highest BCUT2D eigenvalue weighted by atomic mass is 19.1. The molecule has 5 heteroatoms. The van der Waals surface area contributed by atoms with Crippen LogP contribution in [-0.2, 0) is 6.61 Å². The van der Waals surface area contributed by atoms with Crippen LogP contribution in [0.15, 0.2) is 18.2 Å². The second kappa shape index (κ2) is 4.25. The Morgan fingerprint density at radius 3 is 2.18 bits per heavy atom. The number of nitrogens with zero attached hydrogens (tertiary/aromatic N) is 2. The molecule has 0 saturated heterocycles. The predicted molar refractivity (Wildman–Crippen MR) is 58.9 cm³/mol. The lowest BCUT2D eigenvalue weighted by Crippen LogP contribution is -2.06. The molecule has 0 saturated carbocycles. The van der Waals surface area contributed by atoms with Crippen molar-refractivity contribution in [2.75, 3.05) is 0 Å². The van der Waals surface area contributed by atoms with Crippen LogP contribution in [0.3, 0.4) is 0 Å². The lowest BCUT2D eigenvalue weighted by Gasteiger charge is -2.08. The van der Waals surface area contributed by atoms with Crippen LogP contribution in [0.5, 0.6) is 0 Å². The molecule has 0 amide bonds. The number of aryl methyl sites for hydroxylation is 2. The van der Waals surface area contributed by atoms with Gasteiger partial charge in [-0.2, -0.15) is 5.10 Å². The van der Waals surface area contributed by atoms with Gasteiger partial charge in [-0.15, -0.1) is 0 Å². The minimum absolute atomic E-state index is 0.199. The van der Waals surface area contributed by atoms with Crippen molar-refractivity contribution in [1.82, 2.24) is 9.78 Å². The molecule has 0 fully saturated rings. The van der Waals surface area contributed by atoms with Crippen molar-refractivity contribution in [3.8, 4) is 5.69 Å². The Labute approximate surface area is 97.3 Å². The zero-order chi connectivity index (χ0) is 12.6. The summed E-state index contributed by atoms with van der Waals surface area (Å²) in [6, 6.07) is 3.95. The molecule has 1 aromatic heterocycles. The molecular weight excluding hydrogens is 226 g/mol. The summed E-state index contributed by atoms with van der Waals surface area (Å²) in [6.07, 6.45) is 0. The molecule has 0 aliphatic rings. The molecule has 0 spiro atoms. The van der Waals surface area contributed by atoms with Crippen molar-refractivity contribution >= 4 is 0 Å². The summed E-state index contributed by atoms with van der Waals surface area (Å²) in [5.74, 6) is -1.47. The van der Waals surface area contributed by atoms with Gasteiger partial charge in [-0.1, -0.05) is 0 Å². The average molecular weight is 238 g/mol. The summed E-state index contributed by atoms with van der Waals surface area (Å²) in [5, 5.41) is 12.9. The van der Waals surface area contributed by atoms with E-state index in [1.807, 2.05) is 0 Å². The highest BCUT2D eigenvalue weighted by molar-refractivity contribution is 5.39. The number of aliphatic hydroxyl groups excluding tert-OH is 1. The number of halogens is 2. The summed E-state index contributed by atoms with van der Waals surface area (Å²) in [6.45, 7) is 3.07. The van der Waals surface area contributed by atoms with Gasteiger partial charge in [0.2, 0.25) is 0 Å². The number of rotatable bonds is 2. The van der Waals surface area contributed by atoms with Crippen molar-refractivity contribution in [1.29, 1.82) is 0 Å². The topological polar surface area (TPSA) is 38.0 Å². The Kier molecular flexibility index (Phi) is 2.93. The second-order valence-corrected chi connectivity index (χ2v) is 3.91. The van der Waals surface area contributed by atoms with E-state index in [1.54, 1.807) is 19.9 Å². The van der Waals surface area contributed by atoms with E-state index in [0.29, 0.717) is 11.4 Å². The molecule has 90 valence electrons. The van der Waals surface area contributed by atoms with E-state index in [0.717, 1.165) is 12.1 Å². The molecule has 0 unspecified atom stereocenters. The summed E-state index contributed by atoms with van der Waals surface area (Å²) in [7, 11) is 0. The van der Waals surface area contributed by atoms with Crippen molar-refractivity contribution < 1.29 is 13.9 Å². The van der Waals surface area contributed by atoms with Crippen molar-refractivity contribution in [2.24, 2.45) is 0 Å². The fourth-order valence-electron chi connectivity index (χ4n) is 1.77. The summed E-state index contributed by atoms with van der Waals surface area (Å²) >= 11 is 0. The fourth-order valence-corrected chi connectivity index (χ4v) is 1.77. The molecule has 0 atom stereocenters. The van der Waals surface area contributed by atoms with Crippen LogP contribution in [0.1, 0.15) is 17.0 Å². The van der Waals surface area contributed by atoms with Crippen molar-refractivity contribution in [2.45, 2.75) is 20.5 Å². The SMILES string of the molecule is Cc1cc(C)n(-c2c(F)cc(CO)cc2F)n1. The molecule has 1 N–H and O–H groups in total. The first-order valence-electron chi connectivity index (χ1n) is 5.15. The monoisotopic (exact) mass is 238 g/mol. The number of hydrogen-bond donors (Lipinski definition) is 1. The maximum absolute atomic E-state index is 13.8. The van der Waals surface area contributed by atoms with Gasteiger partial charge >= 0.3 is 0 Å². The first-order valence-corrected chi connectivity index (χ1v) is 5.15. The number of hydrogen-bond acceptors (Lipinski definition) is 2. The molecule has 0 aliphatic heterocycles. The molecule has 0 bridgehead atoms. The van der Waals surface area contributed by atoms with Crippen LogP contribution >= 0.6 is 0 Å². The number of aliphatic hydroxyl groups is 1. The maximum Gasteiger partial charge on any atom is 0.152 e. The average Bonchev–Trinajstić information content (AvgIpc) is 2.57. The van der Waals surface area contributed by atoms with Crippen molar-refractivity contribution in [3.63, 3.8) is 0 Å². The smallest absolute Gasteiger partial charge is 0.152 e. The van der Waals surface area contributed by atoms with E-state index in [4.69, 9.17) is 5.11 Å². The molecule has 0 radical (unpaired) electrons. The van der Waals surface area contributed by atoms with E-state index in [1.165, 1.54) is 4.68 Å². The Bertz CT molecular complexity index is 541. The van der Waals surface area contributed by atoms with Gasteiger partial charge in [-0.05, 0) is 37.6 Å². The zero-order valence-electron chi connectivity index (χ0n) is 9.54. The summed E-state index contributed by atoms with van der Waals surface area (Å²) in [4.78, 5) is 0. The summed E-state index contributed by atoms with van der Waals surface area (Å²) in [5.41, 5.74) is 1.32. The maximum atomic E-state index is 13.8. The van der Waals surface area contributed by atoms with E-state index in [-0.39, 0.29) is 11.3 Å². The minimum atomic E-state index is -0.736. The Morgan fingerprint density at radius 2 is 1.76 bits per heavy atom. The van der Waals surface area contributed by atoms with E-state index >= 15 is 0 Å². The fraction of sp³-hybridized carbons (Fsp3) is 0.250. The molecule has 0 aliphatic carbocycles. The van der Waals surface area contributed by atoms with Crippen LogP contribution in [0.2, 0.25) is 0 Å². The highest BCUT2D eigenvalue weighted by Gasteiger charge is 2.15. The standard InChI is InChI=1S/C12H12F2N2O/c1-7-3-8(2)16(15-7)12-10(13)4-9(6-17)5-11(12)14/h3-5,17H,6H2,1-2H3. The second-order valence-electron chi connectivity index (χ2n) is 3.91. The quantitative estimate of drug-likeness (QED) is 0.871. The van der Waals surface area contributed by atoms with E-state index in [9.17, 15) is 8.78 Å².